The molecule has 0 aromatic heterocycles. The molecule has 0 aliphatic carbocycles. The number of hydrogen-bond acceptors (Lipinski definition) is 2. The third-order valence-corrected chi connectivity index (χ3v) is 2.44. The van der Waals surface area contributed by atoms with Gasteiger partial charge in [-0.15, -0.1) is 0 Å². The molecular weight excluding hydrogens is 176 g/mol. The van der Waals surface area contributed by atoms with E-state index in [9.17, 15) is 10.2 Å². The Balaban J connectivity index is 2.78. The van der Waals surface area contributed by atoms with E-state index < -0.39 is 0 Å². The van der Waals surface area contributed by atoms with E-state index in [2.05, 4.69) is 6.92 Å². The van der Waals surface area contributed by atoms with Gasteiger partial charge in [0.2, 0.25) is 0 Å². The van der Waals surface area contributed by atoms with Crippen LogP contribution >= 0.6 is 0 Å². The van der Waals surface area contributed by atoms with E-state index in [1.807, 2.05) is 18.2 Å². The molecule has 0 radical (unpaired) electrons. The lowest BCUT2D eigenvalue weighted by Gasteiger charge is -2.04. The number of aryl methyl sites for hydroxylation is 1. The minimum atomic E-state index is -0.0641. The fourth-order valence-corrected chi connectivity index (χ4v) is 1.56. The molecule has 2 nitrogen and oxygen atoms in total. The first kappa shape index (κ1) is 8.88. The topological polar surface area (TPSA) is 40.5 Å². The second kappa shape index (κ2) is 3.22. The molecule has 0 amide bonds. The summed E-state index contributed by atoms with van der Waals surface area (Å²) in [5.41, 5.74) is 1.15. The number of benzene rings is 2. The van der Waals surface area contributed by atoms with Gasteiger partial charge in [0.1, 0.15) is 0 Å². The van der Waals surface area contributed by atoms with Crippen LogP contribution in [0.25, 0.3) is 10.8 Å². The van der Waals surface area contributed by atoms with Gasteiger partial charge < -0.3 is 10.2 Å². The van der Waals surface area contributed by atoms with E-state index >= 15 is 0 Å². The first-order chi connectivity index (χ1) is 6.72. The highest BCUT2D eigenvalue weighted by atomic mass is 16.3. The number of phenols is 2. The maximum absolute atomic E-state index is 9.63. The Bertz CT molecular complexity index is 475. The van der Waals surface area contributed by atoms with E-state index in [1.54, 1.807) is 6.07 Å². The van der Waals surface area contributed by atoms with E-state index in [-0.39, 0.29) is 11.5 Å². The van der Waals surface area contributed by atoms with E-state index in [0.29, 0.717) is 5.39 Å². The quantitative estimate of drug-likeness (QED) is 0.675. The molecule has 0 fully saturated rings. The lowest BCUT2D eigenvalue weighted by atomic mass is 10.0. The van der Waals surface area contributed by atoms with Crippen molar-refractivity contribution in [1.82, 2.24) is 0 Å². The van der Waals surface area contributed by atoms with E-state index in [4.69, 9.17) is 0 Å². The fourth-order valence-electron chi connectivity index (χ4n) is 1.56. The Morgan fingerprint density at radius 2 is 1.79 bits per heavy atom. The smallest absolute Gasteiger partial charge is 0.165 e. The molecule has 2 N–H and O–H groups in total. The molecule has 0 aliphatic heterocycles. The summed E-state index contributed by atoms with van der Waals surface area (Å²) >= 11 is 0. The lowest BCUT2D eigenvalue weighted by molar-refractivity contribution is 0.408. The van der Waals surface area contributed by atoms with Crippen molar-refractivity contribution in [3.63, 3.8) is 0 Å². The minimum absolute atomic E-state index is 0.0298. The lowest BCUT2D eigenvalue weighted by Crippen LogP contribution is -1.81. The van der Waals surface area contributed by atoms with Gasteiger partial charge in [-0.25, -0.2) is 0 Å². The molecule has 2 rings (SSSR count). The van der Waals surface area contributed by atoms with Crippen LogP contribution in [-0.2, 0) is 6.42 Å². The Hall–Kier alpha value is -1.70. The van der Waals surface area contributed by atoms with Crippen molar-refractivity contribution < 1.29 is 10.2 Å². The SMILES string of the molecule is CCc1ccc2ccc(O)c(O)c2c1. The first-order valence-corrected chi connectivity index (χ1v) is 4.66. The van der Waals surface area contributed by atoms with Crippen molar-refractivity contribution in [2.24, 2.45) is 0 Å². The number of fused-ring (bicyclic) bond motifs is 1. The van der Waals surface area contributed by atoms with Gasteiger partial charge >= 0.3 is 0 Å². The van der Waals surface area contributed by atoms with Gasteiger partial charge in [0, 0.05) is 5.39 Å². The van der Waals surface area contributed by atoms with E-state index in [0.717, 1.165) is 17.4 Å². The summed E-state index contributed by atoms with van der Waals surface area (Å²) in [6.07, 6.45) is 0.922. The number of rotatable bonds is 1. The summed E-state index contributed by atoms with van der Waals surface area (Å²) in [6, 6.07) is 9.18. The maximum atomic E-state index is 9.63. The summed E-state index contributed by atoms with van der Waals surface area (Å²) in [5.74, 6) is -0.0939. The van der Waals surface area contributed by atoms with Crippen LogP contribution in [0.4, 0.5) is 0 Å². The third-order valence-electron chi connectivity index (χ3n) is 2.44. The second-order valence-corrected chi connectivity index (χ2v) is 3.34. The summed E-state index contributed by atoms with van der Waals surface area (Å²) in [4.78, 5) is 0. The van der Waals surface area contributed by atoms with Crippen LogP contribution in [0.2, 0.25) is 0 Å². The summed E-state index contributed by atoms with van der Waals surface area (Å²) in [5, 5.41) is 20.6. The standard InChI is InChI=1S/C12H12O2/c1-2-8-3-4-9-5-6-11(13)12(14)10(9)7-8/h3-7,13-14H,2H2,1H3. The monoisotopic (exact) mass is 188 g/mol. The first-order valence-electron chi connectivity index (χ1n) is 4.66. The van der Waals surface area contributed by atoms with Gasteiger partial charge in [-0.3, -0.25) is 0 Å². The highest BCUT2D eigenvalue weighted by molar-refractivity contribution is 5.90. The fraction of sp³-hybridized carbons (Fsp3) is 0.167. The van der Waals surface area contributed by atoms with Crippen LogP contribution in [0.3, 0.4) is 0 Å². The van der Waals surface area contributed by atoms with Crippen LogP contribution in [0, 0.1) is 0 Å². The van der Waals surface area contributed by atoms with E-state index in [1.165, 1.54) is 6.07 Å². The highest BCUT2D eigenvalue weighted by Gasteiger charge is 2.04. The molecule has 0 spiro atoms. The second-order valence-electron chi connectivity index (χ2n) is 3.34. The summed E-state index contributed by atoms with van der Waals surface area (Å²) in [6.45, 7) is 2.06. The summed E-state index contributed by atoms with van der Waals surface area (Å²) in [7, 11) is 0. The van der Waals surface area contributed by atoms with Gasteiger partial charge in [-0.1, -0.05) is 25.1 Å². The van der Waals surface area contributed by atoms with Crippen LogP contribution in [0.1, 0.15) is 12.5 Å². The van der Waals surface area contributed by atoms with Crippen molar-refractivity contribution in [3.8, 4) is 11.5 Å². The van der Waals surface area contributed by atoms with Gasteiger partial charge in [0.25, 0.3) is 0 Å². The normalized spacial score (nSPS) is 10.6. The highest BCUT2D eigenvalue weighted by Crippen LogP contribution is 2.33. The molecule has 0 aliphatic rings. The summed E-state index contributed by atoms with van der Waals surface area (Å²) < 4.78 is 0. The zero-order valence-corrected chi connectivity index (χ0v) is 7.99. The van der Waals surface area contributed by atoms with Crippen LogP contribution < -0.4 is 0 Å². The van der Waals surface area contributed by atoms with Crippen molar-refractivity contribution >= 4 is 10.8 Å². The van der Waals surface area contributed by atoms with Crippen molar-refractivity contribution in [2.45, 2.75) is 13.3 Å². The third kappa shape index (κ3) is 1.29. The zero-order valence-electron chi connectivity index (χ0n) is 7.99. The maximum Gasteiger partial charge on any atom is 0.165 e. The Labute approximate surface area is 82.4 Å². The molecule has 0 bridgehead atoms. The van der Waals surface area contributed by atoms with Crippen molar-refractivity contribution in [3.05, 3.63) is 35.9 Å². The average molecular weight is 188 g/mol. The number of aromatic hydroxyl groups is 2. The van der Waals surface area contributed by atoms with Gasteiger partial charge in [-0.05, 0) is 29.5 Å². The van der Waals surface area contributed by atoms with Crippen LogP contribution in [0.5, 0.6) is 11.5 Å². The Morgan fingerprint density at radius 3 is 2.50 bits per heavy atom. The van der Waals surface area contributed by atoms with Crippen molar-refractivity contribution in [1.29, 1.82) is 0 Å². The van der Waals surface area contributed by atoms with Crippen LogP contribution in [0.15, 0.2) is 30.3 Å². The molecule has 14 heavy (non-hydrogen) atoms. The number of hydrogen-bond donors (Lipinski definition) is 2. The molecule has 72 valence electrons. The Morgan fingerprint density at radius 1 is 1.07 bits per heavy atom. The molecule has 2 aromatic rings. The molecule has 2 aromatic carbocycles. The predicted octanol–water partition coefficient (Wildman–Crippen LogP) is 2.81. The minimum Gasteiger partial charge on any atom is -0.504 e. The zero-order chi connectivity index (χ0) is 10.1. The van der Waals surface area contributed by atoms with Gasteiger partial charge in [0.15, 0.2) is 11.5 Å². The largest absolute Gasteiger partial charge is 0.504 e. The molecule has 0 unspecified atom stereocenters. The number of phenolic OH excluding ortho intramolecular Hbond substituents is 2. The molecule has 0 saturated heterocycles. The molecule has 0 atom stereocenters. The molecule has 2 heteroatoms. The average Bonchev–Trinajstić information content (AvgIpc) is 2.23. The molecule has 0 saturated carbocycles. The predicted molar refractivity (Wildman–Crippen MR) is 56.7 cm³/mol. The van der Waals surface area contributed by atoms with Gasteiger partial charge in [-0.2, -0.15) is 0 Å². The van der Waals surface area contributed by atoms with Crippen LogP contribution in [-0.4, -0.2) is 10.2 Å². The van der Waals surface area contributed by atoms with Crippen molar-refractivity contribution in [2.75, 3.05) is 0 Å². The van der Waals surface area contributed by atoms with Gasteiger partial charge in [0.05, 0.1) is 0 Å². The molecular formula is C12H12O2. The molecule has 0 heterocycles. The Kier molecular flexibility index (Phi) is 2.04.